The van der Waals surface area contributed by atoms with Crippen LogP contribution in [0.15, 0.2) is 53.8 Å². The molecule has 122 valence electrons. The van der Waals surface area contributed by atoms with Crippen molar-refractivity contribution in [2.45, 2.75) is 32.7 Å². The lowest BCUT2D eigenvalue weighted by Crippen LogP contribution is -2.10. The van der Waals surface area contributed by atoms with E-state index < -0.39 is 0 Å². The summed E-state index contributed by atoms with van der Waals surface area (Å²) in [7, 11) is 0. The van der Waals surface area contributed by atoms with Gasteiger partial charge >= 0.3 is 0 Å². The SMILES string of the molecule is CC(C)C(=O)c1cccc(C2=CC(CCc3cccnc3)N=C2)n1. The number of ketones is 1. The molecule has 0 fully saturated rings. The third-order valence-corrected chi connectivity index (χ3v) is 4.05. The van der Waals surface area contributed by atoms with Crippen LogP contribution < -0.4 is 0 Å². The molecule has 0 amide bonds. The molecule has 0 spiro atoms. The van der Waals surface area contributed by atoms with Gasteiger partial charge in [0.1, 0.15) is 5.69 Å². The number of aliphatic imine (C=N–C) groups is 1. The zero-order valence-electron chi connectivity index (χ0n) is 14.0. The summed E-state index contributed by atoms with van der Waals surface area (Å²) >= 11 is 0. The molecular weight excluding hydrogens is 298 g/mol. The maximum Gasteiger partial charge on any atom is 0.183 e. The smallest absolute Gasteiger partial charge is 0.183 e. The number of rotatable bonds is 6. The molecule has 0 aliphatic carbocycles. The molecule has 4 nitrogen and oxygen atoms in total. The Morgan fingerprint density at radius 1 is 1.21 bits per heavy atom. The monoisotopic (exact) mass is 319 g/mol. The van der Waals surface area contributed by atoms with Gasteiger partial charge in [-0.15, -0.1) is 0 Å². The van der Waals surface area contributed by atoms with E-state index >= 15 is 0 Å². The topological polar surface area (TPSA) is 55.2 Å². The second-order valence-electron chi connectivity index (χ2n) is 6.29. The largest absolute Gasteiger partial charge is 0.292 e. The van der Waals surface area contributed by atoms with Gasteiger partial charge in [-0.1, -0.05) is 26.0 Å². The standard InChI is InChI=1S/C20H21N3O/c1-14(2)20(24)19-7-3-6-18(23-19)16-11-17(22-13-16)9-8-15-5-4-10-21-12-15/h3-7,10-14,17H,8-9H2,1-2H3. The zero-order valence-corrected chi connectivity index (χ0v) is 14.0. The van der Waals surface area contributed by atoms with Gasteiger partial charge in [0, 0.05) is 30.1 Å². The fourth-order valence-corrected chi connectivity index (χ4v) is 2.67. The van der Waals surface area contributed by atoms with Gasteiger partial charge < -0.3 is 0 Å². The van der Waals surface area contributed by atoms with Crippen LogP contribution in [0.1, 0.15) is 42.0 Å². The fraction of sp³-hybridized carbons (Fsp3) is 0.300. The van der Waals surface area contributed by atoms with Crippen LogP contribution in [0.25, 0.3) is 5.57 Å². The normalized spacial score (nSPS) is 16.5. The van der Waals surface area contributed by atoms with Gasteiger partial charge in [0.2, 0.25) is 0 Å². The minimum Gasteiger partial charge on any atom is -0.292 e. The van der Waals surface area contributed by atoms with E-state index in [0.717, 1.165) is 24.1 Å². The Kier molecular flexibility index (Phi) is 4.94. The minimum absolute atomic E-state index is 0.0498. The first-order valence-electron chi connectivity index (χ1n) is 8.29. The Balaban J connectivity index is 1.69. The predicted molar refractivity (Wildman–Crippen MR) is 96.2 cm³/mol. The molecule has 0 radical (unpaired) electrons. The summed E-state index contributed by atoms with van der Waals surface area (Å²) in [6, 6.07) is 9.78. The van der Waals surface area contributed by atoms with Crippen LogP contribution >= 0.6 is 0 Å². The molecule has 24 heavy (non-hydrogen) atoms. The summed E-state index contributed by atoms with van der Waals surface area (Å²) in [5.74, 6) is 0.0201. The predicted octanol–water partition coefficient (Wildman–Crippen LogP) is 3.78. The first-order chi connectivity index (χ1) is 11.6. The number of aromatic nitrogens is 2. The maximum atomic E-state index is 12.1. The van der Waals surface area contributed by atoms with Crippen LogP contribution in [0.2, 0.25) is 0 Å². The molecule has 0 saturated heterocycles. The second-order valence-corrected chi connectivity index (χ2v) is 6.29. The van der Waals surface area contributed by atoms with Gasteiger partial charge in [0.05, 0.1) is 11.7 Å². The second kappa shape index (κ2) is 7.30. The molecule has 4 heteroatoms. The third kappa shape index (κ3) is 3.82. The quantitative estimate of drug-likeness (QED) is 0.761. The van der Waals surface area contributed by atoms with E-state index in [-0.39, 0.29) is 17.7 Å². The highest BCUT2D eigenvalue weighted by molar-refractivity contribution is 6.11. The van der Waals surface area contributed by atoms with Crippen molar-refractivity contribution in [1.82, 2.24) is 9.97 Å². The lowest BCUT2D eigenvalue weighted by Gasteiger charge is -2.06. The van der Waals surface area contributed by atoms with Crippen LogP contribution in [0.3, 0.4) is 0 Å². The number of aryl methyl sites for hydroxylation is 1. The lowest BCUT2D eigenvalue weighted by molar-refractivity contribution is 0.0934. The van der Waals surface area contributed by atoms with Crippen molar-refractivity contribution in [3.63, 3.8) is 0 Å². The average Bonchev–Trinajstić information content (AvgIpc) is 3.09. The Hall–Kier alpha value is -2.62. The zero-order chi connectivity index (χ0) is 16.9. The van der Waals surface area contributed by atoms with E-state index in [1.54, 1.807) is 12.3 Å². The van der Waals surface area contributed by atoms with Crippen molar-refractivity contribution in [3.8, 4) is 0 Å². The van der Waals surface area contributed by atoms with Crippen LogP contribution in [0.5, 0.6) is 0 Å². The molecule has 0 saturated carbocycles. The average molecular weight is 319 g/mol. The van der Waals surface area contributed by atoms with Crippen LogP contribution in [0.4, 0.5) is 0 Å². The molecule has 0 aromatic carbocycles. The molecule has 3 heterocycles. The summed E-state index contributed by atoms with van der Waals surface area (Å²) < 4.78 is 0. The maximum absolute atomic E-state index is 12.1. The number of nitrogens with zero attached hydrogens (tertiary/aromatic N) is 3. The van der Waals surface area contributed by atoms with Gasteiger partial charge in [0.15, 0.2) is 5.78 Å². The Morgan fingerprint density at radius 2 is 2.08 bits per heavy atom. The minimum atomic E-state index is -0.0498. The molecule has 1 aliphatic heterocycles. The molecule has 1 atom stereocenters. The van der Waals surface area contributed by atoms with Crippen LogP contribution in [0, 0.1) is 5.92 Å². The van der Waals surface area contributed by atoms with E-state index in [0.29, 0.717) is 5.69 Å². The highest BCUT2D eigenvalue weighted by Crippen LogP contribution is 2.21. The fourth-order valence-electron chi connectivity index (χ4n) is 2.67. The lowest BCUT2D eigenvalue weighted by atomic mass is 10.0. The van der Waals surface area contributed by atoms with E-state index in [9.17, 15) is 4.79 Å². The van der Waals surface area contributed by atoms with Crippen molar-refractivity contribution in [1.29, 1.82) is 0 Å². The number of Topliss-reactive ketones (excluding diaryl/α,β-unsaturated/α-hetero) is 1. The molecule has 0 bridgehead atoms. The first kappa shape index (κ1) is 16.2. The van der Waals surface area contributed by atoms with Crippen LogP contribution in [-0.4, -0.2) is 28.0 Å². The van der Waals surface area contributed by atoms with Crippen molar-refractivity contribution in [3.05, 3.63) is 65.8 Å². The highest BCUT2D eigenvalue weighted by Gasteiger charge is 2.16. The van der Waals surface area contributed by atoms with E-state index in [2.05, 4.69) is 27.1 Å². The first-order valence-corrected chi connectivity index (χ1v) is 8.29. The molecule has 1 aliphatic rings. The molecule has 3 rings (SSSR count). The Bertz CT molecular complexity index is 778. The van der Waals surface area contributed by atoms with Gasteiger partial charge in [-0.05, 0) is 42.7 Å². The van der Waals surface area contributed by atoms with E-state index in [1.807, 2.05) is 44.5 Å². The van der Waals surface area contributed by atoms with Crippen molar-refractivity contribution < 1.29 is 4.79 Å². The number of hydrogen-bond donors (Lipinski definition) is 0. The molecule has 2 aromatic rings. The Labute approximate surface area is 142 Å². The van der Waals surface area contributed by atoms with Gasteiger partial charge in [0.25, 0.3) is 0 Å². The summed E-state index contributed by atoms with van der Waals surface area (Å²) in [6.45, 7) is 3.78. The van der Waals surface area contributed by atoms with Gasteiger partial charge in [-0.2, -0.15) is 0 Å². The van der Waals surface area contributed by atoms with Crippen molar-refractivity contribution in [2.75, 3.05) is 0 Å². The van der Waals surface area contributed by atoms with E-state index in [4.69, 9.17) is 0 Å². The summed E-state index contributed by atoms with van der Waals surface area (Å²) in [4.78, 5) is 25.3. The number of pyridine rings is 2. The highest BCUT2D eigenvalue weighted by atomic mass is 16.1. The molecule has 2 aromatic heterocycles. The number of allylic oxidation sites excluding steroid dienone is 1. The third-order valence-electron chi connectivity index (χ3n) is 4.05. The van der Waals surface area contributed by atoms with Crippen molar-refractivity contribution in [2.24, 2.45) is 10.9 Å². The summed E-state index contributed by atoms with van der Waals surface area (Å²) in [5.41, 5.74) is 3.55. The van der Waals surface area contributed by atoms with Gasteiger partial charge in [-0.3, -0.25) is 14.8 Å². The number of carbonyl (C=O) groups is 1. The molecule has 1 unspecified atom stereocenters. The Morgan fingerprint density at radius 3 is 2.83 bits per heavy atom. The van der Waals surface area contributed by atoms with Crippen molar-refractivity contribution >= 4 is 17.6 Å². The van der Waals surface area contributed by atoms with E-state index in [1.165, 1.54) is 5.56 Å². The summed E-state index contributed by atoms with van der Waals surface area (Å²) in [5, 5.41) is 0. The number of carbonyl (C=O) groups excluding carboxylic acids is 1. The molecular formula is C20H21N3O. The summed E-state index contributed by atoms with van der Waals surface area (Å²) in [6.07, 6.45) is 9.55. The van der Waals surface area contributed by atoms with Gasteiger partial charge in [-0.25, -0.2) is 4.98 Å². The van der Waals surface area contributed by atoms with Crippen LogP contribution in [-0.2, 0) is 6.42 Å². The number of hydrogen-bond acceptors (Lipinski definition) is 4. The molecule has 0 N–H and O–H groups in total.